The highest BCUT2D eigenvalue weighted by molar-refractivity contribution is 5.44. The second kappa shape index (κ2) is 5.80. The molecule has 0 aliphatic carbocycles. The molecule has 0 aromatic heterocycles. The van der Waals surface area contributed by atoms with E-state index in [1.165, 1.54) is 36.4 Å². The second-order valence-electron chi connectivity index (χ2n) is 3.94. The average molecular weight is 272 g/mol. The van der Waals surface area contributed by atoms with E-state index in [9.17, 15) is 14.5 Å². The summed E-state index contributed by atoms with van der Waals surface area (Å²) in [4.78, 5) is 10.1. The van der Waals surface area contributed by atoms with E-state index in [1.54, 1.807) is 12.1 Å². The summed E-state index contributed by atoms with van der Waals surface area (Å²) in [5.74, 6) is -0.553. The monoisotopic (exact) mass is 272 g/mol. The van der Waals surface area contributed by atoms with Gasteiger partial charge < -0.3 is 4.74 Å². The van der Waals surface area contributed by atoms with Gasteiger partial charge in [0.25, 0.3) is 5.69 Å². The van der Waals surface area contributed by atoms with Crippen LogP contribution in [0, 0.1) is 27.3 Å². The summed E-state index contributed by atoms with van der Waals surface area (Å²) in [6.07, 6.45) is 0. The van der Waals surface area contributed by atoms with Gasteiger partial charge in [-0.3, -0.25) is 10.1 Å². The maximum absolute atomic E-state index is 13.4. The number of hydrogen-bond acceptors (Lipinski definition) is 4. The van der Waals surface area contributed by atoms with Crippen LogP contribution in [0.2, 0.25) is 0 Å². The number of benzene rings is 2. The second-order valence-corrected chi connectivity index (χ2v) is 3.94. The summed E-state index contributed by atoms with van der Waals surface area (Å²) in [5.41, 5.74) is 0.330. The standard InChI is InChI=1S/C14H9FN2O3/c15-13-5-2-6-14(12(13)8-16)20-9-10-3-1-4-11(7-10)17(18)19/h1-7H,9H2. The zero-order valence-electron chi connectivity index (χ0n) is 10.2. The summed E-state index contributed by atoms with van der Waals surface area (Å²) in [6.45, 7) is 0.0137. The zero-order chi connectivity index (χ0) is 14.5. The van der Waals surface area contributed by atoms with Crippen molar-refractivity contribution in [2.45, 2.75) is 6.61 Å². The summed E-state index contributed by atoms with van der Waals surface area (Å²) >= 11 is 0. The van der Waals surface area contributed by atoms with Crippen molar-refractivity contribution >= 4 is 5.69 Å². The molecular weight excluding hydrogens is 263 g/mol. The van der Waals surface area contributed by atoms with Crippen LogP contribution in [0.1, 0.15) is 11.1 Å². The van der Waals surface area contributed by atoms with Crippen molar-refractivity contribution in [3.63, 3.8) is 0 Å². The molecule has 0 atom stereocenters. The number of nitrogens with zero attached hydrogens (tertiary/aromatic N) is 2. The molecule has 0 saturated heterocycles. The van der Waals surface area contributed by atoms with Gasteiger partial charge in [-0.05, 0) is 17.7 Å². The van der Waals surface area contributed by atoms with Gasteiger partial charge in [0, 0.05) is 12.1 Å². The van der Waals surface area contributed by atoms with Crippen LogP contribution in [0.3, 0.4) is 0 Å². The lowest BCUT2D eigenvalue weighted by Crippen LogP contribution is -1.99. The van der Waals surface area contributed by atoms with Crippen molar-refractivity contribution in [3.05, 3.63) is 69.5 Å². The Kier molecular flexibility index (Phi) is 3.91. The van der Waals surface area contributed by atoms with Crippen LogP contribution in [-0.2, 0) is 6.61 Å². The Hall–Kier alpha value is -2.94. The lowest BCUT2D eigenvalue weighted by molar-refractivity contribution is -0.384. The van der Waals surface area contributed by atoms with Crippen molar-refractivity contribution in [2.24, 2.45) is 0 Å². The van der Waals surface area contributed by atoms with Crippen LogP contribution in [0.5, 0.6) is 5.75 Å². The minimum absolute atomic E-state index is 0.0137. The van der Waals surface area contributed by atoms with E-state index in [-0.39, 0.29) is 23.6 Å². The third-order valence-electron chi connectivity index (χ3n) is 2.60. The van der Waals surface area contributed by atoms with Gasteiger partial charge in [-0.25, -0.2) is 4.39 Å². The third-order valence-corrected chi connectivity index (χ3v) is 2.60. The third kappa shape index (κ3) is 2.90. The smallest absolute Gasteiger partial charge is 0.269 e. The molecule has 2 rings (SSSR count). The molecule has 0 radical (unpaired) electrons. The highest BCUT2D eigenvalue weighted by atomic mass is 19.1. The van der Waals surface area contributed by atoms with Crippen LogP contribution in [-0.4, -0.2) is 4.92 Å². The summed E-state index contributed by atoms with van der Waals surface area (Å²) in [5, 5.41) is 19.5. The van der Waals surface area contributed by atoms with E-state index in [1.807, 2.05) is 0 Å². The molecule has 0 N–H and O–H groups in total. The van der Waals surface area contributed by atoms with Crippen molar-refractivity contribution in [1.29, 1.82) is 5.26 Å². The van der Waals surface area contributed by atoms with Gasteiger partial charge in [0.2, 0.25) is 0 Å². The first-order valence-electron chi connectivity index (χ1n) is 5.66. The Morgan fingerprint density at radius 2 is 2.05 bits per heavy atom. The van der Waals surface area contributed by atoms with E-state index < -0.39 is 10.7 Å². The molecule has 0 aliphatic rings. The minimum atomic E-state index is -0.663. The largest absolute Gasteiger partial charge is 0.487 e. The Morgan fingerprint density at radius 3 is 2.75 bits per heavy atom. The first kappa shape index (κ1) is 13.5. The van der Waals surface area contributed by atoms with Gasteiger partial charge in [0.1, 0.15) is 29.8 Å². The fourth-order valence-electron chi connectivity index (χ4n) is 1.65. The topological polar surface area (TPSA) is 76.2 Å². The lowest BCUT2D eigenvalue weighted by Gasteiger charge is -2.08. The van der Waals surface area contributed by atoms with Crippen molar-refractivity contribution in [3.8, 4) is 11.8 Å². The number of rotatable bonds is 4. The van der Waals surface area contributed by atoms with Gasteiger partial charge in [-0.2, -0.15) is 5.26 Å². The summed E-state index contributed by atoms with van der Waals surface area (Å²) in [7, 11) is 0. The molecule has 0 aliphatic heterocycles. The number of nitro groups is 1. The fraction of sp³-hybridized carbons (Fsp3) is 0.0714. The Morgan fingerprint density at radius 1 is 1.30 bits per heavy atom. The van der Waals surface area contributed by atoms with Crippen LogP contribution >= 0.6 is 0 Å². The molecule has 2 aromatic carbocycles. The normalized spacial score (nSPS) is 9.80. The molecule has 5 nitrogen and oxygen atoms in total. The SMILES string of the molecule is N#Cc1c(F)cccc1OCc1cccc([N+](=O)[O-])c1. The van der Waals surface area contributed by atoms with Gasteiger partial charge in [0.15, 0.2) is 0 Å². The molecule has 0 heterocycles. The van der Waals surface area contributed by atoms with Crippen molar-refractivity contribution in [1.82, 2.24) is 0 Å². The molecule has 20 heavy (non-hydrogen) atoms. The highest BCUT2D eigenvalue weighted by Crippen LogP contribution is 2.22. The molecule has 100 valence electrons. The van der Waals surface area contributed by atoms with Gasteiger partial charge in [-0.15, -0.1) is 0 Å². The van der Waals surface area contributed by atoms with Crippen molar-refractivity contribution in [2.75, 3.05) is 0 Å². The number of non-ortho nitro benzene ring substituents is 1. The van der Waals surface area contributed by atoms with Crippen LogP contribution in [0.4, 0.5) is 10.1 Å². The predicted octanol–water partition coefficient (Wildman–Crippen LogP) is 3.18. The molecular formula is C14H9FN2O3. The molecule has 0 unspecified atom stereocenters. The number of nitriles is 1. The minimum Gasteiger partial charge on any atom is -0.487 e. The predicted molar refractivity (Wildman–Crippen MR) is 68.5 cm³/mol. The van der Waals surface area contributed by atoms with E-state index in [0.29, 0.717) is 5.56 Å². The lowest BCUT2D eigenvalue weighted by atomic mass is 10.2. The zero-order valence-corrected chi connectivity index (χ0v) is 10.2. The quantitative estimate of drug-likeness (QED) is 0.632. The maximum Gasteiger partial charge on any atom is 0.269 e. The Labute approximate surface area is 114 Å². The fourth-order valence-corrected chi connectivity index (χ4v) is 1.65. The van der Waals surface area contributed by atoms with E-state index >= 15 is 0 Å². The molecule has 6 heteroatoms. The van der Waals surface area contributed by atoms with Gasteiger partial charge in [0.05, 0.1) is 4.92 Å². The maximum atomic E-state index is 13.4. The highest BCUT2D eigenvalue weighted by Gasteiger charge is 2.10. The van der Waals surface area contributed by atoms with Crippen LogP contribution in [0.25, 0.3) is 0 Å². The summed E-state index contributed by atoms with van der Waals surface area (Å²) < 4.78 is 18.7. The summed E-state index contributed by atoms with van der Waals surface area (Å²) in [6, 6.07) is 11.7. The molecule has 0 bridgehead atoms. The Balaban J connectivity index is 2.17. The molecule has 0 spiro atoms. The van der Waals surface area contributed by atoms with E-state index in [0.717, 1.165) is 0 Å². The number of nitro benzene ring substituents is 1. The van der Waals surface area contributed by atoms with Crippen LogP contribution < -0.4 is 4.74 Å². The van der Waals surface area contributed by atoms with Crippen molar-refractivity contribution < 1.29 is 14.1 Å². The molecule has 2 aromatic rings. The number of hydrogen-bond donors (Lipinski definition) is 0. The van der Waals surface area contributed by atoms with Crippen LogP contribution in [0.15, 0.2) is 42.5 Å². The Bertz CT molecular complexity index is 695. The molecule has 0 saturated carbocycles. The first-order chi connectivity index (χ1) is 9.61. The van der Waals surface area contributed by atoms with Gasteiger partial charge in [-0.1, -0.05) is 18.2 Å². The average Bonchev–Trinajstić information content (AvgIpc) is 2.45. The number of ether oxygens (including phenoxy) is 1. The number of halogens is 1. The first-order valence-corrected chi connectivity index (χ1v) is 5.66. The van der Waals surface area contributed by atoms with Gasteiger partial charge >= 0.3 is 0 Å². The molecule has 0 fully saturated rings. The molecule has 0 amide bonds. The van der Waals surface area contributed by atoms with E-state index in [4.69, 9.17) is 10.00 Å². The van der Waals surface area contributed by atoms with E-state index in [2.05, 4.69) is 0 Å².